The molecule has 6 nitrogen and oxygen atoms in total. The molecule has 0 saturated carbocycles. The van der Waals surface area contributed by atoms with Crippen LogP contribution in [0.2, 0.25) is 0 Å². The Balaban J connectivity index is 1.76. The average Bonchev–Trinajstić information content (AvgIpc) is 2.88. The van der Waals surface area contributed by atoms with Gasteiger partial charge in [-0.1, -0.05) is 19.1 Å². The van der Waals surface area contributed by atoms with Crippen LogP contribution in [-0.2, 0) is 11.3 Å². The summed E-state index contributed by atoms with van der Waals surface area (Å²) in [4.78, 5) is 22.8. The molecule has 6 heteroatoms. The van der Waals surface area contributed by atoms with Crippen molar-refractivity contribution in [3.63, 3.8) is 0 Å². The number of ether oxygens (including phenoxy) is 1. The highest BCUT2D eigenvalue weighted by Gasteiger charge is 2.10. The molecule has 0 saturated heterocycles. The molecule has 0 bridgehead atoms. The summed E-state index contributed by atoms with van der Waals surface area (Å²) in [5.41, 5.74) is 2.54. The van der Waals surface area contributed by atoms with E-state index in [9.17, 15) is 9.59 Å². The van der Waals surface area contributed by atoms with Crippen LogP contribution < -0.4 is 10.1 Å². The lowest BCUT2D eigenvalue weighted by Gasteiger charge is -2.14. The van der Waals surface area contributed by atoms with Crippen molar-refractivity contribution in [2.24, 2.45) is 5.92 Å². The molecule has 1 heterocycles. The molecule has 2 rings (SSSR count). The largest absolute Gasteiger partial charge is 0.483 e. The number of carbonyl (C=O) groups is 2. The number of aryl methyl sites for hydroxylation is 2. The van der Waals surface area contributed by atoms with Crippen LogP contribution in [0.25, 0.3) is 0 Å². The maximum absolute atomic E-state index is 11.9. The first-order chi connectivity index (χ1) is 11.5. The maximum atomic E-state index is 11.9. The normalized spacial score (nSPS) is 11.8. The molecule has 1 aromatic carbocycles. The van der Waals surface area contributed by atoms with Crippen LogP contribution in [0.15, 0.2) is 30.3 Å². The van der Waals surface area contributed by atoms with Crippen molar-refractivity contribution in [2.75, 3.05) is 13.2 Å². The van der Waals surface area contributed by atoms with Crippen LogP contribution in [-0.4, -0.2) is 35.1 Å². The fraction of sp³-hybridized carbons (Fsp3) is 0.389. The Morgan fingerprint density at radius 1 is 1.38 bits per heavy atom. The van der Waals surface area contributed by atoms with Gasteiger partial charge in [0, 0.05) is 18.8 Å². The van der Waals surface area contributed by atoms with E-state index in [4.69, 9.17) is 4.74 Å². The van der Waals surface area contributed by atoms with E-state index in [1.807, 2.05) is 24.6 Å². The van der Waals surface area contributed by atoms with Gasteiger partial charge in [0.05, 0.1) is 11.3 Å². The fourth-order valence-corrected chi connectivity index (χ4v) is 2.41. The number of hydrogen-bond acceptors (Lipinski definition) is 4. The molecule has 1 amide bonds. The van der Waals surface area contributed by atoms with E-state index in [-0.39, 0.29) is 18.4 Å². The number of hydrogen-bond donors (Lipinski definition) is 1. The van der Waals surface area contributed by atoms with Gasteiger partial charge in [0.15, 0.2) is 12.9 Å². The van der Waals surface area contributed by atoms with Crippen molar-refractivity contribution in [2.45, 2.75) is 27.3 Å². The van der Waals surface area contributed by atoms with Gasteiger partial charge in [0.1, 0.15) is 5.75 Å². The summed E-state index contributed by atoms with van der Waals surface area (Å²) in [6.07, 6.45) is 0.712. The molecule has 1 aromatic heterocycles. The fourth-order valence-electron chi connectivity index (χ4n) is 2.41. The highest BCUT2D eigenvalue weighted by atomic mass is 16.5. The highest BCUT2D eigenvalue weighted by molar-refractivity contribution is 5.80. The van der Waals surface area contributed by atoms with Gasteiger partial charge >= 0.3 is 0 Å². The SMILES string of the molecule is Cc1cc(C)n(C[C@@H](C)CNC(=O)COc2ccccc2C=O)n1. The van der Waals surface area contributed by atoms with Gasteiger partial charge in [-0.25, -0.2) is 0 Å². The van der Waals surface area contributed by atoms with E-state index in [1.54, 1.807) is 24.3 Å². The van der Waals surface area contributed by atoms with E-state index in [1.165, 1.54) is 0 Å². The molecule has 1 atom stereocenters. The third-order valence-corrected chi connectivity index (χ3v) is 3.64. The maximum Gasteiger partial charge on any atom is 0.257 e. The average molecular weight is 329 g/mol. The van der Waals surface area contributed by atoms with Crippen LogP contribution in [0, 0.1) is 19.8 Å². The lowest BCUT2D eigenvalue weighted by molar-refractivity contribution is -0.123. The molecular weight excluding hydrogens is 306 g/mol. The summed E-state index contributed by atoms with van der Waals surface area (Å²) in [7, 11) is 0. The van der Waals surface area contributed by atoms with Crippen molar-refractivity contribution in [1.29, 1.82) is 0 Å². The van der Waals surface area contributed by atoms with Crippen LogP contribution in [0.4, 0.5) is 0 Å². The van der Waals surface area contributed by atoms with Gasteiger partial charge < -0.3 is 10.1 Å². The predicted octanol–water partition coefficient (Wildman–Crippen LogP) is 2.14. The summed E-state index contributed by atoms with van der Waals surface area (Å²) in [6, 6.07) is 8.86. The standard InChI is InChI=1S/C18H23N3O3/c1-13(10-21-15(3)8-14(2)20-21)9-19-18(23)12-24-17-7-5-4-6-16(17)11-22/h4-8,11,13H,9-10,12H2,1-3H3,(H,19,23)/t13-/m0/s1. The Kier molecular flexibility index (Phi) is 6.12. The number of aldehydes is 1. The van der Waals surface area contributed by atoms with E-state index in [0.717, 1.165) is 17.9 Å². The molecule has 0 aliphatic carbocycles. The number of nitrogens with zero attached hydrogens (tertiary/aromatic N) is 2. The Bertz CT molecular complexity index is 709. The monoisotopic (exact) mass is 329 g/mol. The van der Waals surface area contributed by atoms with Crippen LogP contribution in [0.3, 0.4) is 0 Å². The zero-order valence-electron chi connectivity index (χ0n) is 14.3. The van der Waals surface area contributed by atoms with Crippen LogP contribution in [0.5, 0.6) is 5.75 Å². The van der Waals surface area contributed by atoms with Crippen LogP contribution >= 0.6 is 0 Å². The second kappa shape index (κ2) is 8.29. The van der Waals surface area contributed by atoms with E-state index in [0.29, 0.717) is 24.1 Å². The summed E-state index contributed by atoms with van der Waals surface area (Å²) in [5, 5.41) is 7.26. The minimum absolute atomic E-state index is 0.114. The molecule has 2 aromatic rings. The van der Waals surface area contributed by atoms with Crippen molar-refractivity contribution >= 4 is 12.2 Å². The number of nitrogens with one attached hydrogen (secondary N) is 1. The molecule has 0 fully saturated rings. The summed E-state index contributed by atoms with van der Waals surface area (Å²) in [5.74, 6) is 0.448. The highest BCUT2D eigenvalue weighted by Crippen LogP contribution is 2.15. The Labute approximate surface area is 141 Å². The number of benzene rings is 1. The van der Waals surface area contributed by atoms with Gasteiger partial charge in [0.2, 0.25) is 0 Å². The molecule has 1 N–H and O–H groups in total. The Morgan fingerprint density at radius 2 is 2.12 bits per heavy atom. The Morgan fingerprint density at radius 3 is 2.79 bits per heavy atom. The zero-order chi connectivity index (χ0) is 17.5. The van der Waals surface area contributed by atoms with E-state index < -0.39 is 0 Å². The minimum atomic E-state index is -0.212. The van der Waals surface area contributed by atoms with Crippen molar-refractivity contribution in [1.82, 2.24) is 15.1 Å². The molecule has 0 aliphatic heterocycles. The first kappa shape index (κ1) is 17.7. The number of amides is 1. The van der Waals surface area contributed by atoms with Gasteiger partial charge in [-0.15, -0.1) is 0 Å². The smallest absolute Gasteiger partial charge is 0.257 e. The lowest BCUT2D eigenvalue weighted by Crippen LogP contribution is -2.33. The molecule has 24 heavy (non-hydrogen) atoms. The van der Waals surface area contributed by atoms with Gasteiger partial charge in [-0.3, -0.25) is 14.3 Å². The van der Waals surface area contributed by atoms with Crippen molar-refractivity contribution < 1.29 is 14.3 Å². The van der Waals surface area contributed by atoms with Gasteiger partial charge in [0.25, 0.3) is 5.91 Å². The minimum Gasteiger partial charge on any atom is -0.483 e. The predicted molar refractivity (Wildman–Crippen MR) is 91.2 cm³/mol. The molecule has 128 valence electrons. The topological polar surface area (TPSA) is 73.2 Å². The number of rotatable bonds is 8. The van der Waals surface area contributed by atoms with E-state index >= 15 is 0 Å². The third-order valence-electron chi connectivity index (χ3n) is 3.64. The summed E-state index contributed by atoms with van der Waals surface area (Å²) < 4.78 is 7.35. The van der Waals surface area contributed by atoms with Gasteiger partial charge in [-0.05, 0) is 38.0 Å². The quantitative estimate of drug-likeness (QED) is 0.753. The number of para-hydroxylation sites is 1. The van der Waals surface area contributed by atoms with Crippen molar-refractivity contribution in [3.8, 4) is 5.75 Å². The molecular formula is C18H23N3O3. The lowest BCUT2D eigenvalue weighted by atomic mass is 10.2. The summed E-state index contributed by atoms with van der Waals surface area (Å²) in [6.45, 7) is 7.20. The molecule has 0 radical (unpaired) electrons. The summed E-state index contributed by atoms with van der Waals surface area (Å²) >= 11 is 0. The molecule has 0 aliphatic rings. The number of aromatic nitrogens is 2. The molecule has 0 spiro atoms. The Hall–Kier alpha value is -2.63. The first-order valence-electron chi connectivity index (χ1n) is 7.94. The van der Waals surface area contributed by atoms with Crippen LogP contribution in [0.1, 0.15) is 28.7 Å². The zero-order valence-corrected chi connectivity index (χ0v) is 14.3. The van der Waals surface area contributed by atoms with Crippen molar-refractivity contribution in [3.05, 3.63) is 47.3 Å². The van der Waals surface area contributed by atoms with E-state index in [2.05, 4.69) is 17.3 Å². The van der Waals surface area contributed by atoms with Gasteiger partial charge in [-0.2, -0.15) is 5.10 Å². The molecule has 0 unspecified atom stereocenters. The second-order valence-corrected chi connectivity index (χ2v) is 5.96. The second-order valence-electron chi connectivity index (χ2n) is 5.96. The number of carbonyl (C=O) groups excluding carboxylic acids is 2. The third kappa shape index (κ3) is 4.94. The first-order valence-corrected chi connectivity index (χ1v) is 7.94.